The van der Waals surface area contributed by atoms with Gasteiger partial charge in [0.2, 0.25) is 10.0 Å². The summed E-state index contributed by atoms with van der Waals surface area (Å²) >= 11 is 0. The van der Waals surface area contributed by atoms with Crippen molar-refractivity contribution in [1.82, 2.24) is 4.31 Å². The van der Waals surface area contributed by atoms with Gasteiger partial charge in [-0.05, 0) is 24.0 Å². The average molecular weight is 283 g/mol. The second-order valence-electron chi connectivity index (χ2n) is 5.89. The summed E-state index contributed by atoms with van der Waals surface area (Å²) in [7, 11) is -0.508. The molecule has 1 aromatic carbocycles. The number of nitrogens with one attached hydrogen (secondary N) is 1. The largest absolute Gasteiger partial charge is 0.396 e. The van der Waals surface area contributed by atoms with E-state index in [1.54, 1.807) is 6.07 Å². The Morgan fingerprint density at radius 2 is 1.95 bits per heavy atom. The van der Waals surface area contributed by atoms with Crippen LogP contribution in [0.3, 0.4) is 0 Å². The highest BCUT2D eigenvalue weighted by Gasteiger charge is 2.45. The number of nitrogens with zero attached hydrogens (tertiary/aromatic N) is 1. The van der Waals surface area contributed by atoms with Crippen LogP contribution in [-0.4, -0.2) is 32.9 Å². The van der Waals surface area contributed by atoms with E-state index in [0.29, 0.717) is 17.4 Å². The molecule has 1 unspecified atom stereocenters. The molecule has 1 fully saturated rings. The Labute approximate surface area is 114 Å². The Morgan fingerprint density at radius 1 is 1.37 bits per heavy atom. The lowest BCUT2D eigenvalue weighted by molar-refractivity contribution is 0.521. The Morgan fingerprint density at radius 3 is 2.42 bits per heavy atom. The van der Waals surface area contributed by atoms with E-state index in [0.717, 1.165) is 6.42 Å². The van der Waals surface area contributed by atoms with Crippen LogP contribution in [0.1, 0.15) is 20.3 Å². The molecule has 2 rings (SSSR count). The van der Waals surface area contributed by atoms with Crippen molar-refractivity contribution in [3.63, 3.8) is 0 Å². The molecule has 6 heteroatoms. The van der Waals surface area contributed by atoms with E-state index in [1.807, 2.05) is 6.07 Å². The molecule has 1 aliphatic carbocycles. The lowest BCUT2D eigenvalue weighted by atomic mass is 10.2. The second-order valence-corrected chi connectivity index (χ2v) is 8.01. The number of anilines is 2. The van der Waals surface area contributed by atoms with Gasteiger partial charge in [-0.3, -0.25) is 0 Å². The van der Waals surface area contributed by atoms with E-state index in [4.69, 9.17) is 5.73 Å². The van der Waals surface area contributed by atoms with Crippen LogP contribution in [0, 0.1) is 5.41 Å². The van der Waals surface area contributed by atoms with E-state index in [-0.39, 0.29) is 10.3 Å². The SMILES string of the molecule is CN(C)S(=O)(=O)c1cccc(NC2CC2(C)C)c1N. The third-order valence-electron chi connectivity index (χ3n) is 3.67. The minimum absolute atomic E-state index is 0.154. The lowest BCUT2D eigenvalue weighted by Crippen LogP contribution is -2.23. The molecule has 3 N–H and O–H groups in total. The first kappa shape index (κ1) is 14.1. The van der Waals surface area contributed by atoms with Gasteiger partial charge < -0.3 is 11.1 Å². The van der Waals surface area contributed by atoms with Gasteiger partial charge in [0, 0.05) is 20.1 Å². The highest BCUT2D eigenvalue weighted by Crippen LogP contribution is 2.47. The van der Waals surface area contributed by atoms with Crippen LogP contribution in [0.5, 0.6) is 0 Å². The zero-order valence-corrected chi connectivity index (χ0v) is 12.6. The van der Waals surface area contributed by atoms with Crippen LogP contribution < -0.4 is 11.1 Å². The van der Waals surface area contributed by atoms with Crippen LogP contribution in [0.15, 0.2) is 23.1 Å². The quantitative estimate of drug-likeness (QED) is 0.825. The van der Waals surface area contributed by atoms with E-state index in [1.165, 1.54) is 24.5 Å². The van der Waals surface area contributed by atoms with Gasteiger partial charge in [-0.2, -0.15) is 0 Å². The molecular weight excluding hydrogens is 262 g/mol. The highest BCUT2D eigenvalue weighted by atomic mass is 32.2. The van der Waals surface area contributed by atoms with Crippen molar-refractivity contribution in [2.45, 2.75) is 31.2 Å². The minimum atomic E-state index is -3.51. The molecule has 1 saturated carbocycles. The summed E-state index contributed by atoms with van der Waals surface area (Å²) in [4.78, 5) is 0.154. The molecule has 0 saturated heterocycles. The fourth-order valence-corrected chi connectivity index (χ4v) is 3.02. The maximum absolute atomic E-state index is 12.2. The number of hydrogen-bond acceptors (Lipinski definition) is 4. The van der Waals surface area contributed by atoms with Gasteiger partial charge in [-0.25, -0.2) is 12.7 Å². The summed E-state index contributed by atoms with van der Waals surface area (Å²) in [5.41, 5.74) is 7.24. The molecule has 0 bridgehead atoms. The van der Waals surface area contributed by atoms with Crippen molar-refractivity contribution in [3.8, 4) is 0 Å². The Kier molecular flexibility index (Phi) is 3.26. The summed E-state index contributed by atoms with van der Waals surface area (Å²) in [6.07, 6.45) is 1.07. The number of rotatable bonds is 4. The van der Waals surface area contributed by atoms with Crippen molar-refractivity contribution < 1.29 is 8.42 Å². The fraction of sp³-hybridized carbons (Fsp3) is 0.538. The number of hydrogen-bond donors (Lipinski definition) is 2. The number of benzene rings is 1. The van der Waals surface area contributed by atoms with Crippen LogP contribution in [0.25, 0.3) is 0 Å². The Bertz CT molecular complexity index is 594. The van der Waals surface area contributed by atoms with Crippen molar-refractivity contribution in [3.05, 3.63) is 18.2 Å². The summed E-state index contributed by atoms with van der Waals surface area (Å²) in [5.74, 6) is 0. The summed E-state index contributed by atoms with van der Waals surface area (Å²) in [6, 6.07) is 5.42. The third kappa shape index (κ3) is 2.55. The molecule has 1 aliphatic rings. The molecule has 1 atom stereocenters. The van der Waals surface area contributed by atoms with Gasteiger partial charge >= 0.3 is 0 Å². The van der Waals surface area contributed by atoms with E-state index in [2.05, 4.69) is 19.2 Å². The Balaban J connectivity index is 2.34. The van der Waals surface area contributed by atoms with Crippen molar-refractivity contribution in [2.24, 2.45) is 5.41 Å². The molecule has 0 aromatic heterocycles. The smallest absolute Gasteiger partial charge is 0.244 e. The predicted octanol–water partition coefficient (Wildman–Crippen LogP) is 1.73. The van der Waals surface area contributed by atoms with Crippen LogP contribution in [0.2, 0.25) is 0 Å². The lowest BCUT2D eigenvalue weighted by Gasteiger charge is -2.17. The highest BCUT2D eigenvalue weighted by molar-refractivity contribution is 7.89. The Hall–Kier alpha value is -1.27. The van der Waals surface area contributed by atoms with Gasteiger partial charge in [-0.1, -0.05) is 19.9 Å². The maximum Gasteiger partial charge on any atom is 0.244 e. The van der Waals surface area contributed by atoms with Crippen molar-refractivity contribution >= 4 is 21.4 Å². The average Bonchev–Trinajstić information content (AvgIpc) is 2.88. The number of para-hydroxylation sites is 1. The number of nitrogens with two attached hydrogens (primary N) is 1. The third-order valence-corrected chi connectivity index (χ3v) is 5.54. The molecule has 1 aromatic rings. The van der Waals surface area contributed by atoms with Gasteiger partial charge in [0.05, 0.1) is 11.4 Å². The molecule has 19 heavy (non-hydrogen) atoms. The molecule has 0 heterocycles. The second kappa shape index (κ2) is 4.38. The first-order chi connectivity index (χ1) is 8.66. The monoisotopic (exact) mass is 283 g/mol. The maximum atomic E-state index is 12.2. The van der Waals surface area contributed by atoms with Gasteiger partial charge in [0.1, 0.15) is 4.90 Å². The fourth-order valence-electron chi connectivity index (χ4n) is 1.99. The summed E-state index contributed by atoms with van der Waals surface area (Å²) < 4.78 is 25.5. The number of sulfonamides is 1. The normalized spacial score (nSPS) is 21.4. The van der Waals surface area contributed by atoms with Gasteiger partial charge in [0.15, 0.2) is 0 Å². The first-order valence-corrected chi connectivity index (χ1v) is 7.68. The van der Waals surface area contributed by atoms with Crippen molar-refractivity contribution in [1.29, 1.82) is 0 Å². The predicted molar refractivity (Wildman–Crippen MR) is 77.5 cm³/mol. The van der Waals surface area contributed by atoms with E-state index < -0.39 is 10.0 Å². The van der Waals surface area contributed by atoms with Gasteiger partial charge in [0.25, 0.3) is 0 Å². The van der Waals surface area contributed by atoms with Crippen LogP contribution in [-0.2, 0) is 10.0 Å². The van der Waals surface area contributed by atoms with E-state index >= 15 is 0 Å². The first-order valence-electron chi connectivity index (χ1n) is 6.24. The molecule has 0 spiro atoms. The molecule has 5 nitrogen and oxygen atoms in total. The molecule has 0 amide bonds. The van der Waals surface area contributed by atoms with Crippen LogP contribution >= 0.6 is 0 Å². The van der Waals surface area contributed by atoms with E-state index in [9.17, 15) is 8.42 Å². The van der Waals surface area contributed by atoms with Gasteiger partial charge in [-0.15, -0.1) is 0 Å². The minimum Gasteiger partial charge on any atom is -0.396 e. The van der Waals surface area contributed by atoms with Crippen LogP contribution in [0.4, 0.5) is 11.4 Å². The van der Waals surface area contributed by atoms with Crippen molar-refractivity contribution in [2.75, 3.05) is 25.1 Å². The molecular formula is C13H21N3O2S. The zero-order chi connectivity index (χ0) is 14.4. The molecule has 0 aliphatic heterocycles. The zero-order valence-electron chi connectivity index (χ0n) is 11.8. The standard InChI is InChI=1S/C13H21N3O2S/c1-13(2)8-11(13)15-9-6-5-7-10(12(9)14)19(17,18)16(3)4/h5-7,11,15H,8,14H2,1-4H3. The topological polar surface area (TPSA) is 75.4 Å². The molecule has 106 valence electrons. The number of nitrogen functional groups attached to an aromatic ring is 1. The molecule has 0 radical (unpaired) electrons. The summed E-state index contributed by atoms with van der Waals surface area (Å²) in [6.45, 7) is 4.34. The summed E-state index contributed by atoms with van der Waals surface area (Å²) in [5, 5.41) is 3.32.